The molecule has 1 saturated carbocycles. The zero-order valence-corrected chi connectivity index (χ0v) is 11.2. The van der Waals surface area contributed by atoms with E-state index in [0.29, 0.717) is 17.5 Å². The first-order valence-electron chi connectivity index (χ1n) is 6.73. The smallest absolute Gasteiger partial charge is 0.272 e. The quantitative estimate of drug-likeness (QED) is 0.662. The summed E-state index contributed by atoms with van der Waals surface area (Å²) < 4.78 is 13.8. The summed E-state index contributed by atoms with van der Waals surface area (Å²) in [6, 6.07) is 4.02. The highest BCUT2D eigenvalue weighted by Crippen LogP contribution is 2.36. The number of nitrogens with zero attached hydrogens (tertiary/aromatic N) is 1. The summed E-state index contributed by atoms with van der Waals surface area (Å²) in [4.78, 5) is 9.98. The van der Waals surface area contributed by atoms with Gasteiger partial charge in [-0.3, -0.25) is 10.1 Å². The standard InChI is InChI=1S/C14H19FN2O2/c1-3-10-4-6-13(9(10)2)16-14-7-5-11(17(18)19)8-12(14)15/h5,7-10,13,16H,3-4,6H2,1-2H3. The van der Waals surface area contributed by atoms with Crippen LogP contribution < -0.4 is 5.32 Å². The van der Waals surface area contributed by atoms with E-state index in [0.717, 1.165) is 25.3 Å². The van der Waals surface area contributed by atoms with Crippen LogP contribution in [0.15, 0.2) is 18.2 Å². The minimum atomic E-state index is -0.585. The van der Waals surface area contributed by atoms with Gasteiger partial charge in [0.2, 0.25) is 0 Å². The van der Waals surface area contributed by atoms with Crippen LogP contribution in [0, 0.1) is 27.8 Å². The molecule has 1 aromatic carbocycles. The molecule has 1 fully saturated rings. The zero-order valence-electron chi connectivity index (χ0n) is 11.2. The van der Waals surface area contributed by atoms with Crippen molar-refractivity contribution in [1.29, 1.82) is 0 Å². The molecule has 1 aliphatic rings. The average molecular weight is 266 g/mol. The minimum absolute atomic E-state index is 0.214. The van der Waals surface area contributed by atoms with Gasteiger partial charge in [0.1, 0.15) is 0 Å². The number of non-ortho nitro benzene ring substituents is 1. The van der Waals surface area contributed by atoms with Crippen molar-refractivity contribution in [2.24, 2.45) is 11.8 Å². The molecule has 1 aromatic rings. The second-order valence-corrected chi connectivity index (χ2v) is 5.28. The van der Waals surface area contributed by atoms with Crippen molar-refractivity contribution in [3.63, 3.8) is 0 Å². The Morgan fingerprint density at radius 2 is 2.21 bits per heavy atom. The van der Waals surface area contributed by atoms with Crippen molar-refractivity contribution >= 4 is 11.4 Å². The molecule has 3 unspecified atom stereocenters. The maximum absolute atomic E-state index is 13.8. The Morgan fingerprint density at radius 3 is 2.74 bits per heavy atom. The number of nitro benzene ring substituents is 1. The van der Waals surface area contributed by atoms with E-state index in [1.165, 1.54) is 12.1 Å². The fourth-order valence-electron chi connectivity index (χ4n) is 2.96. The van der Waals surface area contributed by atoms with Crippen LogP contribution in [0.25, 0.3) is 0 Å². The number of nitrogens with one attached hydrogen (secondary N) is 1. The normalized spacial score (nSPS) is 26.4. The van der Waals surface area contributed by atoms with Gasteiger partial charge in [0.05, 0.1) is 16.7 Å². The number of hydrogen-bond donors (Lipinski definition) is 1. The van der Waals surface area contributed by atoms with Gasteiger partial charge < -0.3 is 5.32 Å². The Hall–Kier alpha value is -1.65. The van der Waals surface area contributed by atoms with Gasteiger partial charge in [-0.15, -0.1) is 0 Å². The van der Waals surface area contributed by atoms with Crippen LogP contribution in [-0.4, -0.2) is 11.0 Å². The van der Waals surface area contributed by atoms with Crippen molar-refractivity contribution in [2.75, 3.05) is 5.32 Å². The molecule has 0 spiro atoms. The minimum Gasteiger partial charge on any atom is -0.380 e. The van der Waals surface area contributed by atoms with Crippen molar-refractivity contribution in [3.8, 4) is 0 Å². The monoisotopic (exact) mass is 266 g/mol. The largest absolute Gasteiger partial charge is 0.380 e. The van der Waals surface area contributed by atoms with E-state index in [1.807, 2.05) is 0 Å². The van der Waals surface area contributed by atoms with Crippen LogP contribution >= 0.6 is 0 Å². The summed E-state index contributed by atoms with van der Waals surface area (Å²) >= 11 is 0. The molecule has 5 heteroatoms. The van der Waals surface area contributed by atoms with Gasteiger partial charge in [-0.2, -0.15) is 0 Å². The first-order valence-corrected chi connectivity index (χ1v) is 6.73. The molecule has 1 N–H and O–H groups in total. The summed E-state index contributed by atoms with van der Waals surface area (Å²) in [5.74, 6) is 0.625. The Bertz CT molecular complexity index is 479. The average Bonchev–Trinajstić information content (AvgIpc) is 2.72. The molecule has 0 heterocycles. The van der Waals surface area contributed by atoms with E-state index in [2.05, 4.69) is 19.2 Å². The van der Waals surface area contributed by atoms with Crippen molar-refractivity contribution < 1.29 is 9.31 Å². The molecule has 2 rings (SSSR count). The topological polar surface area (TPSA) is 55.2 Å². The summed E-state index contributed by atoms with van der Waals surface area (Å²) in [7, 11) is 0. The van der Waals surface area contributed by atoms with Crippen LogP contribution in [-0.2, 0) is 0 Å². The summed E-state index contributed by atoms with van der Waals surface area (Å²) in [6.45, 7) is 4.36. The molecular weight excluding hydrogens is 247 g/mol. The number of anilines is 1. The lowest BCUT2D eigenvalue weighted by Crippen LogP contribution is -2.25. The van der Waals surface area contributed by atoms with E-state index in [9.17, 15) is 14.5 Å². The van der Waals surface area contributed by atoms with E-state index in [1.54, 1.807) is 0 Å². The second kappa shape index (κ2) is 5.55. The predicted molar refractivity (Wildman–Crippen MR) is 72.6 cm³/mol. The molecular formula is C14H19FN2O2. The highest BCUT2D eigenvalue weighted by atomic mass is 19.1. The van der Waals surface area contributed by atoms with Gasteiger partial charge in [0, 0.05) is 12.1 Å². The lowest BCUT2D eigenvalue weighted by molar-refractivity contribution is -0.385. The summed E-state index contributed by atoms with van der Waals surface area (Å²) in [5.41, 5.74) is 0.146. The van der Waals surface area contributed by atoms with Crippen LogP contribution in [0.1, 0.15) is 33.1 Å². The third-order valence-electron chi connectivity index (χ3n) is 4.26. The fraction of sp³-hybridized carbons (Fsp3) is 0.571. The molecule has 0 aliphatic heterocycles. The molecule has 0 bridgehead atoms. The van der Waals surface area contributed by atoms with Crippen molar-refractivity contribution in [3.05, 3.63) is 34.1 Å². The second-order valence-electron chi connectivity index (χ2n) is 5.28. The van der Waals surface area contributed by atoms with Gasteiger partial charge in [-0.25, -0.2) is 4.39 Å². The Balaban J connectivity index is 2.10. The lowest BCUT2D eigenvalue weighted by atomic mass is 9.93. The molecule has 0 amide bonds. The van der Waals surface area contributed by atoms with Crippen LogP contribution in [0.5, 0.6) is 0 Å². The molecule has 0 aromatic heterocycles. The number of halogens is 1. The van der Waals surface area contributed by atoms with Gasteiger partial charge in [0.25, 0.3) is 5.69 Å². The molecule has 4 nitrogen and oxygen atoms in total. The molecule has 0 saturated heterocycles. The van der Waals surface area contributed by atoms with Crippen molar-refractivity contribution in [1.82, 2.24) is 0 Å². The van der Waals surface area contributed by atoms with Gasteiger partial charge in [-0.1, -0.05) is 20.3 Å². The van der Waals surface area contributed by atoms with Crippen LogP contribution in [0.4, 0.5) is 15.8 Å². The molecule has 19 heavy (non-hydrogen) atoms. The van der Waals surface area contributed by atoms with Gasteiger partial charge in [-0.05, 0) is 30.7 Å². The first-order chi connectivity index (χ1) is 9.02. The van der Waals surface area contributed by atoms with Crippen molar-refractivity contribution in [2.45, 2.75) is 39.2 Å². The highest BCUT2D eigenvalue weighted by molar-refractivity contribution is 5.51. The van der Waals surface area contributed by atoms with E-state index < -0.39 is 10.7 Å². The SMILES string of the molecule is CCC1CCC(Nc2ccc([N+](=O)[O-])cc2F)C1C. The Kier molecular flexibility index (Phi) is 4.02. The zero-order chi connectivity index (χ0) is 14.0. The third-order valence-corrected chi connectivity index (χ3v) is 4.26. The molecule has 0 radical (unpaired) electrons. The van der Waals surface area contributed by atoms with Gasteiger partial charge in [0.15, 0.2) is 5.82 Å². The van der Waals surface area contributed by atoms with E-state index >= 15 is 0 Å². The van der Waals surface area contributed by atoms with Crippen LogP contribution in [0.2, 0.25) is 0 Å². The number of nitro groups is 1. The van der Waals surface area contributed by atoms with E-state index in [-0.39, 0.29) is 11.7 Å². The third kappa shape index (κ3) is 2.85. The highest BCUT2D eigenvalue weighted by Gasteiger charge is 2.31. The maximum Gasteiger partial charge on any atom is 0.272 e. The Labute approximate surface area is 112 Å². The molecule has 1 aliphatic carbocycles. The number of benzene rings is 1. The summed E-state index contributed by atoms with van der Waals surface area (Å²) in [5, 5.41) is 13.8. The maximum atomic E-state index is 13.8. The fourth-order valence-corrected chi connectivity index (χ4v) is 2.96. The molecule has 3 atom stereocenters. The van der Waals surface area contributed by atoms with Crippen LogP contribution in [0.3, 0.4) is 0 Å². The number of rotatable bonds is 4. The first kappa shape index (κ1) is 13.8. The predicted octanol–water partition coefficient (Wildman–Crippen LogP) is 3.97. The van der Waals surface area contributed by atoms with E-state index in [4.69, 9.17) is 0 Å². The Morgan fingerprint density at radius 1 is 1.47 bits per heavy atom. The van der Waals surface area contributed by atoms with Gasteiger partial charge >= 0.3 is 0 Å². The lowest BCUT2D eigenvalue weighted by Gasteiger charge is -2.22. The number of hydrogen-bond acceptors (Lipinski definition) is 3. The summed E-state index contributed by atoms with van der Waals surface area (Å²) in [6.07, 6.45) is 3.32. The molecule has 104 valence electrons.